The molecule has 2 amide bonds. The van der Waals surface area contributed by atoms with Crippen molar-refractivity contribution in [2.24, 2.45) is 20.0 Å². The van der Waals surface area contributed by atoms with E-state index in [4.69, 9.17) is 0 Å². The fraction of sp³-hybridized carbons (Fsp3) is 0.278. The van der Waals surface area contributed by atoms with Gasteiger partial charge in [0, 0.05) is 48.9 Å². The summed E-state index contributed by atoms with van der Waals surface area (Å²) in [6.45, 7) is 8.12. The lowest BCUT2D eigenvalue weighted by Crippen LogP contribution is -2.16. The van der Waals surface area contributed by atoms with Gasteiger partial charge in [-0.15, -0.1) is 0 Å². The van der Waals surface area contributed by atoms with Crippen LogP contribution in [0.2, 0.25) is 0 Å². The molecule has 0 aliphatic rings. The zero-order valence-electron chi connectivity index (χ0n) is 27.9. The maximum atomic E-state index is 14.1. The highest BCUT2D eigenvalue weighted by atomic mass is 19.3. The van der Waals surface area contributed by atoms with E-state index in [-0.39, 0.29) is 22.4 Å². The van der Waals surface area contributed by atoms with E-state index in [0.717, 1.165) is 39.2 Å². The average Bonchev–Trinajstić information content (AvgIpc) is 3.55. The Morgan fingerprint density at radius 2 is 1.45 bits per heavy atom. The van der Waals surface area contributed by atoms with Crippen molar-refractivity contribution in [2.45, 2.75) is 46.5 Å². The number of carbonyl (C=O) groups is 2. The lowest BCUT2D eigenvalue weighted by Gasteiger charge is -2.18. The van der Waals surface area contributed by atoms with Crippen LogP contribution in [0.3, 0.4) is 0 Å². The number of rotatable bonds is 9. The first kappa shape index (κ1) is 36.5. The summed E-state index contributed by atoms with van der Waals surface area (Å²) in [4.78, 5) is 24.9. The molecular weight excluding hydrogens is 643 g/mol. The van der Waals surface area contributed by atoms with Gasteiger partial charge in [0.15, 0.2) is 0 Å². The van der Waals surface area contributed by atoms with E-state index < -0.39 is 41.5 Å². The highest BCUT2D eigenvalue weighted by molar-refractivity contribution is 6.07. The first-order chi connectivity index (χ1) is 23.2. The predicted molar refractivity (Wildman–Crippen MR) is 178 cm³/mol. The van der Waals surface area contributed by atoms with Crippen LogP contribution in [0.4, 0.5) is 33.3 Å². The summed E-state index contributed by atoms with van der Waals surface area (Å²) < 4.78 is 69.5. The van der Waals surface area contributed by atoms with Crippen molar-refractivity contribution in [2.75, 3.05) is 10.6 Å². The van der Waals surface area contributed by atoms with E-state index >= 15 is 0 Å². The summed E-state index contributed by atoms with van der Waals surface area (Å²) in [7, 11) is 2.91. The first-order valence-electron chi connectivity index (χ1n) is 15.4. The van der Waals surface area contributed by atoms with Gasteiger partial charge in [-0.05, 0) is 55.0 Å². The minimum Gasteiger partial charge on any atom is -0.322 e. The maximum Gasteiger partial charge on any atom is 0.282 e. The number of benzene rings is 3. The molecule has 5 rings (SSSR count). The molecule has 0 saturated heterocycles. The van der Waals surface area contributed by atoms with Crippen LogP contribution in [0.15, 0.2) is 72.9 Å². The van der Waals surface area contributed by atoms with Crippen molar-refractivity contribution in [3.05, 3.63) is 119 Å². The third-order valence-corrected chi connectivity index (χ3v) is 7.65. The Morgan fingerprint density at radius 3 is 2.06 bits per heavy atom. The third-order valence-electron chi connectivity index (χ3n) is 7.65. The van der Waals surface area contributed by atoms with Crippen molar-refractivity contribution in [1.29, 1.82) is 0 Å². The molecular formula is C36H37F5N6O2. The molecule has 1 atom stereocenters. The molecule has 8 nitrogen and oxygen atoms in total. The second-order valence-corrected chi connectivity index (χ2v) is 12.0. The van der Waals surface area contributed by atoms with E-state index in [0.29, 0.717) is 23.1 Å². The van der Waals surface area contributed by atoms with Crippen LogP contribution >= 0.6 is 0 Å². The Morgan fingerprint density at radius 1 is 0.816 bits per heavy atom. The quantitative estimate of drug-likeness (QED) is 0.152. The Kier molecular flexibility index (Phi) is 11.7. The molecule has 2 aromatic heterocycles. The molecule has 0 saturated carbocycles. The molecule has 2 heterocycles. The Hall–Kier alpha value is -5.33. The molecule has 13 heteroatoms. The van der Waals surface area contributed by atoms with Crippen molar-refractivity contribution in [3.63, 3.8) is 0 Å². The van der Waals surface area contributed by atoms with Gasteiger partial charge in [0.25, 0.3) is 18.2 Å². The molecule has 258 valence electrons. The fourth-order valence-electron chi connectivity index (χ4n) is 5.51. The summed E-state index contributed by atoms with van der Waals surface area (Å²) in [5.41, 5.74) is 1.82. The summed E-state index contributed by atoms with van der Waals surface area (Å²) in [5, 5.41) is 12.9. The van der Waals surface area contributed by atoms with Crippen LogP contribution in [0.5, 0.6) is 0 Å². The second kappa shape index (κ2) is 15.7. The monoisotopic (exact) mass is 680 g/mol. The summed E-state index contributed by atoms with van der Waals surface area (Å²) in [6.07, 6.45) is -0.716. The van der Waals surface area contributed by atoms with Crippen LogP contribution in [0, 0.1) is 30.4 Å². The van der Waals surface area contributed by atoms with E-state index in [1.165, 1.54) is 38.5 Å². The van der Waals surface area contributed by atoms with Crippen molar-refractivity contribution in [3.8, 4) is 11.1 Å². The topological polar surface area (TPSA) is 93.8 Å². The van der Waals surface area contributed by atoms with Gasteiger partial charge in [-0.25, -0.2) is 22.2 Å². The standard InChI is InChI=1S/C18H13F4N3O.C18H24FN3O/c1-25-9-13(16(24-25)17(21)22)18(26)23-15-5-3-2-4-12(15)11-7-6-10(19)8-14(11)20;1-11(2)10-12(3)14-8-6-7-9-15(14)20-18(23)16-13(4)21-22(5)17(16)19/h2-9,17H,1H3,(H,23,26);6-9,11-12H,10H2,1-5H3,(H,20,23). The lowest BCUT2D eigenvalue weighted by molar-refractivity contribution is 0.100. The zero-order chi connectivity index (χ0) is 36.0. The number of aryl methyl sites for hydroxylation is 3. The van der Waals surface area contributed by atoms with Gasteiger partial charge in [0.2, 0.25) is 5.95 Å². The van der Waals surface area contributed by atoms with Crippen LogP contribution in [-0.2, 0) is 14.1 Å². The minimum absolute atomic E-state index is 0.00110. The van der Waals surface area contributed by atoms with Gasteiger partial charge in [-0.3, -0.25) is 14.3 Å². The number of alkyl halides is 2. The molecule has 0 spiro atoms. The molecule has 49 heavy (non-hydrogen) atoms. The largest absolute Gasteiger partial charge is 0.322 e. The molecule has 0 aliphatic heterocycles. The predicted octanol–water partition coefficient (Wildman–Crippen LogP) is 8.82. The van der Waals surface area contributed by atoms with Crippen LogP contribution in [0.25, 0.3) is 11.1 Å². The van der Waals surface area contributed by atoms with Gasteiger partial charge in [0.1, 0.15) is 22.9 Å². The van der Waals surface area contributed by atoms with Crippen molar-refractivity contribution < 1.29 is 31.5 Å². The van der Waals surface area contributed by atoms with Gasteiger partial charge < -0.3 is 10.6 Å². The molecule has 0 bridgehead atoms. The molecule has 0 aliphatic carbocycles. The third kappa shape index (κ3) is 8.78. The smallest absolute Gasteiger partial charge is 0.282 e. The van der Waals surface area contributed by atoms with Crippen LogP contribution < -0.4 is 10.6 Å². The number of hydrogen-bond acceptors (Lipinski definition) is 4. The number of aromatic nitrogens is 4. The van der Waals surface area contributed by atoms with E-state index in [9.17, 15) is 31.5 Å². The zero-order valence-corrected chi connectivity index (χ0v) is 27.9. The van der Waals surface area contributed by atoms with E-state index in [1.54, 1.807) is 19.1 Å². The number of amides is 2. The summed E-state index contributed by atoms with van der Waals surface area (Å²) >= 11 is 0. The summed E-state index contributed by atoms with van der Waals surface area (Å²) in [5.74, 6) is -2.54. The highest BCUT2D eigenvalue weighted by Crippen LogP contribution is 2.32. The average molecular weight is 681 g/mol. The molecule has 0 radical (unpaired) electrons. The van der Waals surface area contributed by atoms with Gasteiger partial charge in [0.05, 0.1) is 11.3 Å². The van der Waals surface area contributed by atoms with Gasteiger partial charge in [-0.1, -0.05) is 57.2 Å². The number of carbonyl (C=O) groups excluding carboxylic acids is 2. The first-order valence-corrected chi connectivity index (χ1v) is 15.4. The summed E-state index contributed by atoms with van der Waals surface area (Å²) in [6, 6.07) is 17.0. The molecule has 3 aromatic carbocycles. The van der Waals surface area contributed by atoms with Crippen LogP contribution in [0.1, 0.15) is 77.2 Å². The van der Waals surface area contributed by atoms with Crippen molar-refractivity contribution >= 4 is 23.2 Å². The molecule has 5 aromatic rings. The second-order valence-electron chi connectivity index (χ2n) is 12.0. The number of halogens is 5. The van der Waals surface area contributed by atoms with E-state index in [1.807, 2.05) is 24.3 Å². The maximum absolute atomic E-state index is 14.1. The Bertz CT molecular complexity index is 1950. The highest BCUT2D eigenvalue weighted by Gasteiger charge is 2.24. The number of hydrogen-bond donors (Lipinski definition) is 2. The Balaban J connectivity index is 0.000000223. The number of para-hydroxylation sites is 2. The lowest BCUT2D eigenvalue weighted by atomic mass is 9.91. The van der Waals surface area contributed by atoms with Crippen molar-refractivity contribution in [1.82, 2.24) is 19.6 Å². The number of nitrogens with zero attached hydrogens (tertiary/aromatic N) is 4. The minimum atomic E-state index is -2.92. The van der Waals surface area contributed by atoms with Gasteiger partial charge >= 0.3 is 0 Å². The Labute approximate surface area is 281 Å². The molecule has 2 N–H and O–H groups in total. The SMILES string of the molecule is Cc1nn(C)c(F)c1C(=O)Nc1ccccc1C(C)CC(C)C.Cn1cc(C(=O)Nc2ccccc2-c2ccc(F)cc2F)c(C(F)F)n1. The van der Waals surface area contributed by atoms with E-state index in [2.05, 4.69) is 41.6 Å². The molecule has 1 unspecified atom stereocenters. The number of nitrogens with one attached hydrogen (secondary N) is 2. The van der Waals surface area contributed by atoms with Crippen LogP contribution in [-0.4, -0.2) is 31.4 Å². The number of anilines is 2. The van der Waals surface area contributed by atoms with Gasteiger partial charge in [-0.2, -0.15) is 14.6 Å². The normalized spacial score (nSPS) is 11.7. The fourth-order valence-corrected chi connectivity index (χ4v) is 5.51. The molecule has 0 fully saturated rings.